The van der Waals surface area contributed by atoms with E-state index in [0.29, 0.717) is 0 Å². The van der Waals surface area contributed by atoms with E-state index in [1.165, 1.54) is 45.2 Å². The average molecular weight is 183 g/mol. The van der Waals surface area contributed by atoms with Gasteiger partial charge in [0.15, 0.2) is 0 Å². The molecule has 0 aromatic rings. The Morgan fingerprint density at radius 3 is 2.46 bits per heavy atom. The Morgan fingerprint density at radius 1 is 0.846 bits per heavy atom. The quantitative estimate of drug-likeness (QED) is 0.669. The van der Waals surface area contributed by atoms with Crippen molar-refractivity contribution in [1.29, 1.82) is 0 Å². The summed E-state index contributed by atoms with van der Waals surface area (Å²) in [5.74, 6) is 1.95. The SMILES string of the molecule is C1CNCCC(C2CCOCC2)C1. The maximum atomic E-state index is 5.41. The summed E-state index contributed by atoms with van der Waals surface area (Å²) < 4.78 is 5.41. The Kier molecular flexibility index (Phi) is 3.62. The van der Waals surface area contributed by atoms with Gasteiger partial charge in [0.1, 0.15) is 0 Å². The van der Waals surface area contributed by atoms with E-state index in [4.69, 9.17) is 4.74 Å². The topological polar surface area (TPSA) is 21.3 Å². The van der Waals surface area contributed by atoms with Crippen molar-refractivity contribution < 1.29 is 4.74 Å². The third kappa shape index (κ3) is 2.68. The molecule has 2 fully saturated rings. The van der Waals surface area contributed by atoms with Crippen LogP contribution < -0.4 is 5.32 Å². The molecule has 2 rings (SSSR count). The van der Waals surface area contributed by atoms with Crippen molar-refractivity contribution in [2.75, 3.05) is 26.3 Å². The van der Waals surface area contributed by atoms with Gasteiger partial charge in [-0.3, -0.25) is 0 Å². The Hall–Kier alpha value is -0.0800. The summed E-state index contributed by atoms with van der Waals surface area (Å²) in [5.41, 5.74) is 0. The molecule has 2 aliphatic heterocycles. The van der Waals surface area contributed by atoms with Crippen LogP contribution in [-0.2, 0) is 4.74 Å². The maximum Gasteiger partial charge on any atom is 0.0468 e. The summed E-state index contributed by atoms with van der Waals surface area (Å²) in [7, 11) is 0. The molecule has 0 spiro atoms. The molecule has 76 valence electrons. The number of nitrogens with one attached hydrogen (secondary N) is 1. The highest BCUT2D eigenvalue weighted by atomic mass is 16.5. The van der Waals surface area contributed by atoms with E-state index in [1.807, 2.05) is 0 Å². The van der Waals surface area contributed by atoms with Gasteiger partial charge in [-0.2, -0.15) is 0 Å². The Balaban J connectivity index is 1.82. The molecule has 0 aromatic heterocycles. The molecule has 0 amide bonds. The summed E-state index contributed by atoms with van der Waals surface area (Å²) in [4.78, 5) is 0. The van der Waals surface area contributed by atoms with Gasteiger partial charge in [0, 0.05) is 13.2 Å². The minimum Gasteiger partial charge on any atom is -0.381 e. The van der Waals surface area contributed by atoms with Gasteiger partial charge in [-0.25, -0.2) is 0 Å². The molecule has 0 saturated carbocycles. The van der Waals surface area contributed by atoms with Gasteiger partial charge in [-0.15, -0.1) is 0 Å². The zero-order valence-corrected chi connectivity index (χ0v) is 8.43. The largest absolute Gasteiger partial charge is 0.381 e. The zero-order chi connectivity index (χ0) is 8.93. The second-order valence-electron chi connectivity index (χ2n) is 4.39. The minimum atomic E-state index is 0.966. The van der Waals surface area contributed by atoms with E-state index in [9.17, 15) is 0 Å². The lowest BCUT2D eigenvalue weighted by atomic mass is 9.81. The van der Waals surface area contributed by atoms with Crippen molar-refractivity contribution in [3.63, 3.8) is 0 Å². The maximum absolute atomic E-state index is 5.41. The number of hydrogen-bond acceptors (Lipinski definition) is 2. The van der Waals surface area contributed by atoms with Gasteiger partial charge in [-0.05, 0) is 57.0 Å². The van der Waals surface area contributed by atoms with Crippen LogP contribution in [0.1, 0.15) is 32.1 Å². The fraction of sp³-hybridized carbons (Fsp3) is 1.00. The Labute approximate surface area is 81.0 Å². The Morgan fingerprint density at radius 2 is 1.62 bits per heavy atom. The van der Waals surface area contributed by atoms with E-state index in [0.717, 1.165) is 25.0 Å². The third-order valence-electron chi connectivity index (χ3n) is 3.55. The second-order valence-corrected chi connectivity index (χ2v) is 4.39. The van der Waals surface area contributed by atoms with Crippen LogP contribution in [0.4, 0.5) is 0 Å². The van der Waals surface area contributed by atoms with E-state index in [-0.39, 0.29) is 0 Å². The van der Waals surface area contributed by atoms with E-state index in [2.05, 4.69) is 5.32 Å². The van der Waals surface area contributed by atoms with E-state index in [1.54, 1.807) is 0 Å². The van der Waals surface area contributed by atoms with Gasteiger partial charge in [0.05, 0.1) is 0 Å². The van der Waals surface area contributed by atoms with Crippen molar-refractivity contribution in [2.45, 2.75) is 32.1 Å². The molecular formula is C11H21NO. The monoisotopic (exact) mass is 183 g/mol. The summed E-state index contributed by atoms with van der Waals surface area (Å²) in [6.45, 7) is 4.49. The molecule has 0 aliphatic carbocycles. The van der Waals surface area contributed by atoms with Crippen molar-refractivity contribution in [3.05, 3.63) is 0 Å². The van der Waals surface area contributed by atoms with Crippen LogP contribution in [-0.4, -0.2) is 26.3 Å². The summed E-state index contributed by atoms with van der Waals surface area (Å²) in [5, 5.41) is 3.49. The van der Waals surface area contributed by atoms with Crippen molar-refractivity contribution in [1.82, 2.24) is 5.32 Å². The lowest BCUT2D eigenvalue weighted by Gasteiger charge is -2.29. The molecule has 0 aromatic carbocycles. The standard InChI is InChI=1S/C11H21NO/c1-2-10(3-7-12-6-1)11-4-8-13-9-5-11/h10-12H,1-9H2. The molecule has 2 heteroatoms. The highest BCUT2D eigenvalue weighted by Gasteiger charge is 2.24. The van der Waals surface area contributed by atoms with Crippen molar-refractivity contribution >= 4 is 0 Å². The smallest absolute Gasteiger partial charge is 0.0468 e. The number of ether oxygens (including phenoxy) is 1. The summed E-state index contributed by atoms with van der Waals surface area (Å²) >= 11 is 0. The van der Waals surface area contributed by atoms with Gasteiger partial charge in [-0.1, -0.05) is 0 Å². The highest BCUT2D eigenvalue weighted by Crippen LogP contribution is 2.30. The fourth-order valence-electron chi connectivity index (χ4n) is 2.70. The molecule has 1 atom stereocenters. The molecule has 2 saturated heterocycles. The van der Waals surface area contributed by atoms with E-state index < -0.39 is 0 Å². The van der Waals surface area contributed by atoms with Gasteiger partial charge in [0.2, 0.25) is 0 Å². The van der Waals surface area contributed by atoms with Crippen LogP contribution in [0.5, 0.6) is 0 Å². The molecule has 0 bridgehead atoms. The number of rotatable bonds is 1. The van der Waals surface area contributed by atoms with Crippen LogP contribution >= 0.6 is 0 Å². The zero-order valence-electron chi connectivity index (χ0n) is 8.43. The van der Waals surface area contributed by atoms with Gasteiger partial charge < -0.3 is 10.1 Å². The van der Waals surface area contributed by atoms with Gasteiger partial charge in [0.25, 0.3) is 0 Å². The third-order valence-corrected chi connectivity index (χ3v) is 3.55. The van der Waals surface area contributed by atoms with E-state index >= 15 is 0 Å². The first kappa shape index (κ1) is 9.47. The lowest BCUT2D eigenvalue weighted by Crippen LogP contribution is -2.24. The molecule has 1 N–H and O–H groups in total. The van der Waals surface area contributed by atoms with Crippen molar-refractivity contribution in [2.24, 2.45) is 11.8 Å². The summed E-state index contributed by atoms with van der Waals surface area (Å²) in [6, 6.07) is 0. The minimum absolute atomic E-state index is 0.966. The van der Waals surface area contributed by atoms with Crippen molar-refractivity contribution in [3.8, 4) is 0 Å². The first-order valence-corrected chi connectivity index (χ1v) is 5.75. The predicted octanol–water partition coefficient (Wildman–Crippen LogP) is 1.80. The lowest BCUT2D eigenvalue weighted by molar-refractivity contribution is 0.0443. The molecule has 1 unspecified atom stereocenters. The molecular weight excluding hydrogens is 162 g/mol. The normalized spacial score (nSPS) is 32.8. The first-order chi connectivity index (χ1) is 6.47. The molecule has 0 radical (unpaired) electrons. The van der Waals surface area contributed by atoms with Gasteiger partial charge >= 0.3 is 0 Å². The van der Waals surface area contributed by atoms with Crippen LogP contribution in [0.25, 0.3) is 0 Å². The first-order valence-electron chi connectivity index (χ1n) is 5.75. The van der Waals surface area contributed by atoms with Crippen LogP contribution in [0, 0.1) is 11.8 Å². The molecule has 13 heavy (non-hydrogen) atoms. The number of hydrogen-bond donors (Lipinski definition) is 1. The fourth-order valence-corrected chi connectivity index (χ4v) is 2.70. The Bertz CT molecular complexity index is 135. The van der Waals surface area contributed by atoms with Crippen LogP contribution in [0.15, 0.2) is 0 Å². The van der Waals surface area contributed by atoms with Crippen LogP contribution in [0.3, 0.4) is 0 Å². The second kappa shape index (κ2) is 4.97. The predicted molar refractivity (Wildman–Crippen MR) is 53.8 cm³/mol. The average Bonchev–Trinajstić information content (AvgIpc) is 2.47. The summed E-state index contributed by atoms with van der Waals surface area (Å²) in [6.07, 6.45) is 6.83. The molecule has 2 aliphatic rings. The van der Waals surface area contributed by atoms with Crippen LogP contribution in [0.2, 0.25) is 0 Å². The molecule has 2 heterocycles. The highest BCUT2D eigenvalue weighted by molar-refractivity contribution is 4.76. The molecule has 2 nitrogen and oxygen atoms in total.